The summed E-state index contributed by atoms with van der Waals surface area (Å²) in [7, 11) is 0. The molecule has 5 rings (SSSR count). The van der Waals surface area contributed by atoms with E-state index >= 15 is 0 Å². The van der Waals surface area contributed by atoms with Gasteiger partial charge in [0, 0.05) is 11.8 Å². The molecular weight excluding hydrogens is 524 g/mol. The Balaban J connectivity index is 1.34. The average Bonchev–Trinajstić information content (AvgIpc) is 3.18. The molecule has 3 N–H and O–H groups in total. The monoisotopic (exact) mass is 588 g/mol. The zero-order valence-corrected chi connectivity index (χ0v) is 28.4. The first-order valence-corrected chi connectivity index (χ1v) is 17.6. The highest BCUT2D eigenvalue weighted by Crippen LogP contribution is 2.75. The van der Waals surface area contributed by atoms with Crippen molar-refractivity contribution in [3.63, 3.8) is 0 Å². The standard InChI is InChI=1S/C37H64O5/c1-10-24-22-28(38)31(39)32(41-24)42-30-16-14-27-26(34(30,5)6)13-15-29-35(27,7)20-21-36(8)25(17-19-37(29,36)9)23(2)12-11-18-33(3,4)40/h13,23-25,27-32,38-40H,10-12,14-22H2,1-9H3/t23-,24-,25?,27?,28+,29?,30+,31-,32+,35+,36-,37+/m1/s1. The Hall–Kier alpha value is -0.460. The summed E-state index contributed by atoms with van der Waals surface area (Å²) >= 11 is 0. The molecule has 3 unspecified atom stereocenters. The maximum atomic E-state index is 10.7. The van der Waals surface area contributed by atoms with Crippen LogP contribution in [-0.4, -0.2) is 51.6 Å². The zero-order chi connectivity index (χ0) is 30.9. The summed E-state index contributed by atoms with van der Waals surface area (Å²) < 4.78 is 12.7. The smallest absolute Gasteiger partial charge is 0.186 e. The van der Waals surface area contributed by atoms with E-state index in [1.807, 2.05) is 13.8 Å². The molecule has 5 heteroatoms. The summed E-state index contributed by atoms with van der Waals surface area (Å²) in [4.78, 5) is 0. The number of aliphatic hydroxyl groups is 3. The van der Waals surface area contributed by atoms with Crippen LogP contribution >= 0.6 is 0 Å². The lowest BCUT2D eigenvalue weighted by Crippen LogP contribution is -2.60. The fourth-order valence-corrected chi connectivity index (χ4v) is 11.4. The Morgan fingerprint density at radius 2 is 1.74 bits per heavy atom. The highest BCUT2D eigenvalue weighted by atomic mass is 16.7. The number of rotatable bonds is 8. The minimum absolute atomic E-state index is 0.0346. The van der Waals surface area contributed by atoms with Gasteiger partial charge in [-0.05, 0) is 112 Å². The van der Waals surface area contributed by atoms with Crippen molar-refractivity contribution < 1.29 is 24.8 Å². The fourth-order valence-electron chi connectivity index (χ4n) is 11.4. The van der Waals surface area contributed by atoms with E-state index in [0.717, 1.165) is 44.4 Å². The lowest BCUT2D eigenvalue weighted by atomic mass is 9.39. The molecule has 0 aromatic heterocycles. The van der Waals surface area contributed by atoms with Gasteiger partial charge in [-0.2, -0.15) is 0 Å². The Bertz CT molecular complexity index is 999. The molecule has 3 saturated carbocycles. The van der Waals surface area contributed by atoms with Gasteiger partial charge in [-0.3, -0.25) is 0 Å². The fraction of sp³-hybridized carbons (Fsp3) is 0.946. The lowest BCUT2D eigenvalue weighted by molar-refractivity contribution is -0.293. The van der Waals surface area contributed by atoms with Gasteiger partial charge in [-0.25, -0.2) is 0 Å². The molecule has 4 aliphatic carbocycles. The highest BCUT2D eigenvalue weighted by Gasteiger charge is 2.67. The van der Waals surface area contributed by atoms with E-state index in [1.54, 1.807) is 5.57 Å². The second-order valence-corrected chi connectivity index (χ2v) is 17.4. The molecule has 1 heterocycles. The van der Waals surface area contributed by atoms with Crippen LogP contribution in [0.1, 0.15) is 139 Å². The third-order valence-electron chi connectivity index (χ3n) is 14.3. The summed E-state index contributed by atoms with van der Waals surface area (Å²) in [6.07, 6.45) is 13.0. The number of allylic oxidation sites excluding steroid dienone is 1. The van der Waals surface area contributed by atoms with Gasteiger partial charge in [0.1, 0.15) is 6.10 Å². The van der Waals surface area contributed by atoms with Crippen LogP contribution in [0.5, 0.6) is 0 Å². The van der Waals surface area contributed by atoms with Crippen molar-refractivity contribution in [3.05, 3.63) is 11.6 Å². The SMILES string of the molecule is CC[C@@H]1C[C@H](O)[C@@H](O)[C@H](O[C@H]2CCC3C(=CCC4[C@@]3(C)CC[C@]3(C)C([C@H](C)CCCC(C)(C)O)CC[C@@]43C)C2(C)C)O1. The van der Waals surface area contributed by atoms with Crippen LogP contribution < -0.4 is 0 Å². The van der Waals surface area contributed by atoms with E-state index in [4.69, 9.17) is 9.47 Å². The number of ether oxygens (including phenoxy) is 2. The number of hydrogen-bond acceptors (Lipinski definition) is 5. The van der Waals surface area contributed by atoms with Crippen LogP contribution in [0.15, 0.2) is 11.6 Å². The summed E-state index contributed by atoms with van der Waals surface area (Å²) in [6, 6.07) is 0. The molecule has 42 heavy (non-hydrogen) atoms. The van der Waals surface area contributed by atoms with E-state index in [9.17, 15) is 15.3 Å². The Labute approximate surface area is 257 Å². The predicted molar refractivity (Wildman–Crippen MR) is 169 cm³/mol. The molecule has 5 nitrogen and oxygen atoms in total. The van der Waals surface area contributed by atoms with E-state index in [1.165, 1.54) is 32.1 Å². The normalized spacial score (nSPS) is 47.7. The second kappa shape index (κ2) is 11.4. The lowest BCUT2D eigenvalue weighted by Gasteiger charge is -2.66. The van der Waals surface area contributed by atoms with Crippen LogP contribution in [0.25, 0.3) is 0 Å². The van der Waals surface area contributed by atoms with Crippen molar-refractivity contribution in [1.29, 1.82) is 0 Å². The van der Waals surface area contributed by atoms with Crippen LogP contribution in [0.4, 0.5) is 0 Å². The molecule has 0 radical (unpaired) electrons. The molecule has 1 saturated heterocycles. The summed E-state index contributed by atoms with van der Waals surface area (Å²) in [5.41, 5.74) is 1.88. The summed E-state index contributed by atoms with van der Waals surface area (Å²) in [5, 5.41) is 31.5. The van der Waals surface area contributed by atoms with Crippen LogP contribution in [-0.2, 0) is 9.47 Å². The van der Waals surface area contributed by atoms with E-state index in [-0.39, 0.29) is 17.6 Å². The van der Waals surface area contributed by atoms with Gasteiger partial charge in [0.05, 0.1) is 23.9 Å². The van der Waals surface area contributed by atoms with Crippen molar-refractivity contribution in [2.45, 2.75) is 176 Å². The molecule has 12 atom stereocenters. The zero-order valence-electron chi connectivity index (χ0n) is 28.4. The van der Waals surface area contributed by atoms with E-state index in [0.29, 0.717) is 40.4 Å². The van der Waals surface area contributed by atoms with E-state index < -0.39 is 24.1 Å². The quantitative estimate of drug-likeness (QED) is 0.252. The Morgan fingerprint density at radius 3 is 2.40 bits per heavy atom. The van der Waals surface area contributed by atoms with Gasteiger partial charge in [-0.15, -0.1) is 0 Å². The Kier molecular flexibility index (Phi) is 8.94. The largest absolute Gasteiger partial charge is 0.390 e. The highest BCUT2D eigenvalue weighted by molar-refractivity contribution is 5.30. The third kappa shape index (κ3) is 5.37. The van der Waals surface area contributed by atoms with Crippen molar-refractivity contribution in [2.24, 2.45) is 45.3 Å². The van der Waals surface area contributed by atoms with Gasteiger partial charge >= 0.3 is 0 Å². The molecule has 242 valence electrons. The summed E-state index contributed by atoms with van der Waals surface area (Å²) in [6.45, 7) is 21.1. The first-order valence-electron chi connectivity index (χ1n) is 17.6. The van der Waals surface area contributed by atoms with Gasteiger partial charge in [0.25, 0.3) is 0 Å². The maximum absolute atomic E-state index is 10.7. The number of fused-ring (bicyclic) bond motifs is 5. The molecule has 0 bridgehead atoms. The van der Waals surface area contributed by atoms with Crippen LogP contribution in [0, 0.1) is 45.3 Å². The van der Waals surface area contributed by atoms with Crippen molar-refractivity contribution >= 4 is 0 Å². The molecule has 1 aliphatic heterocycles. The summed E-state index contributed by atoms with van der Waals surface area (Å²) in [5.74, 6) is 2.74. The maximum Gasteiger partial charge on any atom is 0.186 e. The topological polar surface area (TPSA) is 79.2 Å². The first kappa shape index (κ1) is 32.9. The first-order chi connectivity index (χ1) is 19.5. The molecule has 4 fully saturated rings. The van der Waals surface area contributed by atoms with Gasteiger partial charge in [-0.1, -0.05) is 73.0 Å². The minimum Gasteiger partial charge on any atom is -0.390 e. The van der Waals surface area contributed by atoms with Crippen molar-refractivity contribution in [1.82, 2.24) is 0 Å². The molecule has 0 spiro atoms. The molecule has 0 aromatic carbocycles. The second-order valence-electron chi connectivity index (χ2n) is 17.4. The average molecular weight is 589 g/mol. The predicted octanol–water partition coefficient (Wildman–Crippen LogP) is 7.80. The third-order valence-corrected chi connectivity index (χ3v) is 14.3. The minimum atomic E-state index is -0.993. The molecule has 5 aliphatic rings. The van der Waals surface area contributed by atoms with Crippen molar-refractivity contribution in [3.8, 4) is 0 Å². The van der Waals surface area contributed by atoms with Gasteiger partial charge in [0.2, 0.25) is 0 Å². The molecular formula is C37H64O5. The Morgan fingerprint density at radius 1 is 1.02 bits per heavy atom. The van der Waals surface area contributed by atoms with E-state index in [2.05, 4.69) is 54.5 Å². The van der Waals surface area contributed by atoms with Crippen LogP contribution in [0.2, 0.25) is 0 Å². The van der Waals surface area contributed by atoms with Gasteiger partial charge in [0.15, 0.2) is 6.29 Å². The molecule has 0 aromatic rings. The molecule has 0 amide bonds. The number of aliphatic hydroxyl groups excluding tert-OH is 2. The van der Waals surface area contributed by atoms with Crippen LogP contribution in [0.3, 0.4) is 0 Å². The van der Waals surface area contributed by atoms with Crippen molar-refractivity contribution in [2.75, 3.05) is 0 Å². The number of hydrogen-bond donors (Lipinski definition) is 3. The van der Waals surface area contributed by atoms with Gasteiger partial charge < -0.3 is 24.8 Å².